The standard InChI is InChI=1S/C24H29FN2O5S/c1-24(2,3)32-23(28)26-12-11-20(19(25)16-26)27-13-14-31-22-10-9-18(15-21(22)27)33(29,30)17-7-5-4-6-8-17/h4-10,15,19-20H,11-14,16H2,1-3H3. The van der Waals surface area contributed by atoms with Crippen LogP contribution in [0.5, 0.6) is 5.75 Å². The SMILES string of the molecule is CC(C)(C)OC(=O)N1CCC(N2CCOc3ccc(S(=O)(=O)c4ccccc4)cc32)C(F)C1. The molecule has 0 aromatic heterocycles. The van der Waals surface area contributed by atoms with E-state index in [9.17, 15) is 13.2 Å². The molecule has 178 valence electrons. The average molecular weight is 477 g/mol. The van der Waals surface area contributed by atoms with E-state index in [1.54, 1.807) is 63.2 Å². The van der Waals surface area contributed by atoms with E-state index in [-0.39, 0.29) is 16.3 Å². The summed E-state index contributed by atoms with van der Waals surface area (Å²) in [6.45, 7) is 6.40. The van der Waals surface area contributed by atoms with Gasteiger partial charge in [0.1, 0.15) is 24.1 Å². The zero-order valence-electron chi connectivity index (χ0n) is 19.0. The molecule has 2 aliphatic rings. The number of fused-ring (bicyclic) bond motifs is 1. The first-order chi connectivity index (χ1) is 15.6. The molecule has 2 aromatic rings. The predicted octanol–water partition coefficient (Wildman–Crippen LogP) is 4.07. The number of amides is 1. The summed E-state index contributed by atoms with van der Waals surface area (Å²) in [7, 11) is -3.72. The van der Waals surface area contributed by atoms with Crippen LogP contribution >= 0.6 is 0 Å². The Hall–Kier alpha value is -2.81. The number of rotatable bonds is 3. The molecule has 7 nitrogen and oxygen atoms in total. The number of halogens is 1. The van der Waals surface area contributed by atoms with Crippen molar-refractivity contribution in [1.29, 1.82) is 0 Å². The maximum absolute atomic E-state index is 15.3. The van der Waals surface area contributed by atoms with Crippen LogP contribution in [0.25, 0.3) is 0 Å². The quantitative estimate of drug-likeness (QED) is 0.665. The molecule has 0 aliphatic carbocycles. The van der Waals surface area contributed by atoms with Crippen molar-refractivity contribution in [2.75, 3.05) is 31.1 Å². The first-order valence-corrected chi connectivity index (χ1v) is 12.5. The normalized spacial score (nSPS) is 21.2. The molecule has 0 spiro atoms. The molecule has 1 fully saturated rings. The van der Waals surface area contributed by atoms with Crippen LogP contribution in [-0.4, -0.2) is 63.5 Å². The van der Waals surface area contributed by atoms with Crippen molar-refractivity contribution in [2.24, 2.45) is 0 Å². The van der Waals surface area contributed by atoms with Gasteiger partial charge < -0.3 is 19.3 Å². The molecule has 0 N–H and O–H groups in total. The van der Waals surface area contributed by atoms with E-state index in [0.29, 0.717) is 37.6 Å². The molecule has 2 aromatic carbocycles. The molecule has 2 unspecified atom stereocenters. The van der Waals surface area contributed by atoms with Crippen LogP contribution in [0, 0.1) is 0 Å². The van der Waals surface area contributed by atoms with E-state index in [4.69, 9.17) is 9.47 Å². The smallest absolute Gasteiger partial charge is 0.410 e. The van der Waals surface area contributed by atoms with Crippen molar-refractivity contribution < 1.29 is 27.1 Å². The molecular weight excluding hydrogens is 447 g/mol. The summed E-state index contributed by atoms with van der Waals surface area (Å²) < 4.78 is 52.6. The fourth-order valence-electron chi connectivity index (χ4n) is 4.20. The lowest BCUT2D eigenvalue weighted by atomic mass is 10.00. The third-order valence-electron chi connectivity index (χ3n) is 5.75. The van der Waals surface area contributed by atoms with Crippen molar-refractivity contribution >= 4 is 21.6 Å². The van der Waals surface area contributed by atoms with Crippen LogP contribution in [0.1, 0.15) is 27.2 Å². The van der Waals surface area contributed by atoms with E-state index < -0.39 is 33.7 Å². The maximum atomic E-state index is 15.3. The third kappa shape index (κ3) is 4.93. The van der Waals surface area contributed by atoms with Crippen molar-refractivity contribution in [2.45, 2.75) is 54.8 Å². The molecule has 4 rings (SSSR count). The minimum Gasteiger partial charge on any atom is -0.490 e. The number of alkyl halides is 1. The Labute approximate surface area is 194 Å². The van der Waals surface area contributed by atoms with E-state index >= 15 is 4.39 Å². The van der Waals surface area contributed by atoms with E-state index in [1.807, 2.05) is 4.90 Å². The topological polar surface area (TPSA) is 76.2 Å². The van der Waals surface area contributed by atoms with Crippen molar-refractivity contribution in [3.63, 3.8) is 0 Å². The largest absolute Gasteiger partial charge is 0.490 e. The van der Waals surface area contributed by atoms with Gasteiger partial charge in [0.2, 0.25) is 9.84 Å². The first-order valence-electron chi connectivity index (χ1n) is 11.0. The first kappa shape index (κ1) is 23.4. The number of benzene rings is 2. The Morgan fingerprint density at radius 3 is 2.48 bits per heavy atom. The minimum absolute atomic E-state index is 0.0751. The molecule has 0 bridgehead atoms. The van der Waals surface area contributed by atoms with Crippen LogP contribution in [0.2, 0.25) is 0 Å². The average Bonchev–Trinajstić information content (AvgIpc) is 2.78. The molecule has 2 atom stereocenters. The van der Waals surface area contributed by atoms with Gasteiger partial charge in [-0.3, -0.25) is 0 Å². The highest BCUT2D eigenvalue weighted by atomic mass is 32.2. The molecule has 9 heteroatoms. The van der Waals surface area contributed by atoms with Crippen LogP contribution in [0.3, 0.4) is 0 Å². The molecule has 1 saturated heterocycles. The molecule has 0 radical (unpaired) electrons. The van der Waals surface area contributed by atoms with Gasteiger partial charge in [-0.15, -0.1) is 0 Å². The highest BCUT2D eigenvalue weighted by Crippen LogP contribution is 2.38. The Morgan fingerprint density at radius 2 is 1.82 bits per heavy atom. The molecule has 2 heterocycles. The zero-order valence-corrected chi connectivity index (χ0v) is 19.8. The van der Waals surface area contributed by atoms with Crippen molar-refractivity contribution in [3.8, 4) is 5.75 Å². The minimum atomic E-state index is -3.72. The number of likely N-dealkylation sites (tertiary alicyclic amines) is 1. The summed E-state index contributed by atoms with van der Waals surface area (Å²) in [5, 5.41) is 0. The van der Waals surface area contributed by atoms with Gasteiger partial charge in [-0.1, -0.05) is 18.2 Å². The van der Waals surface area contributed by atoms with Crippen LogP contribution in [0.4, 0.5) is 14.9 Å². The van der Waals surface area contributed by atoms with Gasteiger partial charge in [-0.05, 0) is 57.5 Å². The number of ether oxygens (including phenoxy) is 2. The summed E-state index contributed by atoms with van der Waals surface area (Å²) in [5.41, 5.74) is -0.0968. The summed E-state index contributed by atoms with van der Waals surface area (Å²) in [4.78, 5) is 16.0. The summed E-state index contributed by atoms with van der Waals surface area (Å²) in [6, 6.07) is 12.4. The van der Waals surface area contributed by atoms with E-state index in [1.165, 1.54) is 11.0 Å². The lowest BCUT2D eigenvalue weighted by molar-refractivity contribution is 0.0108. The third-order valence-corrected chi connectivity index (χ3v) is 7.52. The number of hydrogen-bond donors (Lipinski definition) is 0. The molecular formula is C24H29FN2O5S. The Balaban J connectivity index is 1.57. The number of piperidine rings is 1. The lowest BCUT2D eigenvalue weighted by Crippen LogP contribution is -2.56. The number of carbonyl (C=O) groups excluding carboxylic acids is 1. The van der Waals surface area contributed by atoms with Gasteiger partial charge in [0.25, 0.3) is 0 Å². The second-order valence-electron chi connectivity index (χ2n) is 9.29. The second kappa shape index (κ2) is 8.85. The summed E-state index contributed by atoms with van der Waals surface area (Å²) >= 11 is 0. The maximum Gasteiger partial charge on any atom is 0.410 e. The van der Waals surface area contributed by atoms with Gasteiger partial charge in [-0.2, -0.15) is 0 Å². The molecule has 1 amide bonds. The highest BCUT2D eigenvalue weighted by molar-refractivity contribution is 7.91. The molecule has 0 saturated carbocycles. The summed E-state index contributed by atoms with van der Waals surface area (Å²) in [5.74, 6) is 0.523. The number of nitrogens with zero attached hydrogens (tertiary/aromatic N) is 2. The number of hydrogen-bond acceptors (Lipinski definition) is 6. The Morgan fingerprint density at radius 1 is 1.09 bits per heavy atom. The highest BCUT2D eigenvalue weighted by Gasteiger charge is 2.39. The number of sulfone groups is 1. The Kier molecular flexibility index (Phi) is 6.26. The fourth-order valence-corrected chi connectivity index (χ4v) is 5.50. The number of anilines is 1. The van der Waals surface area contributed by atoms with Gasteiger partial charge >= 0.3 is 6.09 Å². The second-order valence-corrected chi connectivity index (χ2v) is 11.2. The van der Waals surface area contributed by atoms with Crippen molar-refractivity contribution in [1.82, 2.24) is 4.90 Å². The lowest BCUT2D eigenvalue weighted by Gasteiger charge is -2.43. The van der Waals surface area contributed by atoms with Gasteiger partial charge in [0.05, 0.1) is 34.6 Å². The van der Waals surface area contributed by atoms with Crippen LogP contribution < -0.4 is 9.64 Å². The molecule has 33 heavy (non-hydrogen) atoms. The fraction of sp³-hybridized carbons (Fsp3) is 0.458. The monoisotopic (exact) mass is 476 g/mol. The zero-order chi connectivity index (χ0) is 23.8. The molecule has 2 aliphatic heterocycles. The van der Waals surface area contributed by atoms with Gasteiger partial charge in [0, 0.05) is 6.54 Å². The number of carbonyl (C=O) groups is 1. The van der Waals surface area contributed by atoms with Crippen LogP contribution in [-0.2, 0) is 14.6 Å². The van der Waals surface area contributed by atoms with Crippen LogP contribution in [0.15, 0.2) is 58.3 Å². The van der Waals surface area contributed by atoms with Gasteiger partial charge in [-0.25, -0.2) is 17.6 Å². The predicted molar refractivity (Wildman–Crippen MR) is 122 cm³/mol. The van der Waals surface area contributed by atoms with E-state index in [0.717, 1.165) is 0 Å². The van der Waals surface area contributed by atoms with Crippen molar-refractivity contribution in [3.05, 3.63) is 48.5 Å². The Bertz CT molecular complexity index is 1120. The van der Waals surface area contributed by atoms with Gasteiger partial charge in [0.15, 0.2) is 0 Å². The van der Waals surface area contributed by atoms with E-state index in [2.05, 4.69) is 0 Å². The summed E-state index contributed by atoms with van der Waals surface area (Å²) in [6.07, 6.45) is -1.44.